The second-order valence-electron chi connectivity index (χ2n) is 6.79. The van der Waals surface area contributed by atoms with Gasteiger partial charge in [0.05, 0.1) is 5.75 Å². The van der Waals surface area contributed by atoms with Gasteiger partial charge in [0.1, 0.15) is 0 Å². The summed E-state index contributed by atoms with van der Waals surface area (Å²) in [7, 11) is 0.662. The van der Waals surface area contributed by atoms with Crippen LogP contribution in [0.3, 0.4) is 0 Å². The number of para-hydroxylation sites is 1. The van der Waals surface area contributed by atoms with E-state index >= 15 is 0 Å². The van der Waals surface area contributed by atoms with Gasteiger partial charge in [0.15, 0.2) is 0 Å². The summed E-state index contributed by atoms with van der Waals surface area (Å²) in [6.45, 7) is 0. The Morgan fingerprint density at radius 3 is 1.89 bits per heavy atom. The van der Waals surface area contributed by atoms with Gasteiger partial charge in [-0.3, -0.25) is 0 Å². The number of hydrogen-bond acceptors (Lipinski definition) is 2. The lowest BCUT2D eigenvalue weighted by Gasteiger charge is -2.16. The van der Waals surface area contributed by atoms with E-state index in [4.69, 9.17) is 5.02 Å². The van der Waals surface area contributed by atoms with Crippen LogP contribution in [0.4, 0.5) is 0 Å². The quantitative estimate of drug-likeness (QED) is 0.332. The van der Waals surface area contributed by atoms with Crippen molar-refractivity contribution in [3.8, 4) is 5.75 Å². The molecule has 2 aliphatic rings. The van der Waals surface area contributed by atoms with E-state index in [1.54, 1.807) is 12.1 Å². The number of benzene rings is 2. The third-order valence-electron chi connectivity index (χ3n) is 4.61. The van der Waals surface area contributed by atoms with Gasteiger partial charge >= 0.3 is 7.69 Å². The highest BCUT2D eigenvalue weighted by molar-refractivity contribution is 9.09. The normalized spacial score (nSPS) is 20.1. The maximum absolute atomic E-state index is 8.17. The zero-order valence-electron chi connectivity index (χ0n) is 16.3. The summed E-state index contributed by atoms with van der Waals surface area (Å²) >= 11 is 3.50. The first-order valence-corrected chi connectivity index (χ1v) is 10.9. The molecule has 1 unspecified atom stereocenters. The fourth-order valence-electron chi connectivity index (χ4n) is 3.12. The molecule has 0 aromatic heterocycles. The lowest BCUT2D eigenvalue weighted by atomic mass is 9.89. The van der Waals surface area contributed by atoms with Gasteiger partial charge in [-0.1, -0.05) is 88.8 Å². The Labute approximate surface area is 178 Å². The molecule has 2 aromatic carbocycles. The summed E-state index contributed by atoms with van der Waals surface area (Å²) in [5, 5.41) is 8.17. The smallest absolute Gasteiger partial charge is 0.537 e. The van der Waals surface area contributed by atoms with Crippen LogP contribution in [0.15, 0.2) is 85.0 Å². The fraction of sp³-hybridized carbons (Fsp3) is 0.333. The Bertz CT molecular complexity index is 688. The van der Waals surface area contributed by atoms with Crippen LogP contribution in [0.2, 0.25) is 0 Å². The number of allylic oxidation sites excluding steroid dienone is 4. The molecule has 0 aliphatic heterocycles. The van der Waals surface area contributed by atoms with Gasteiger partial charge in [0, 0.05) is 10.7 Å². The van der Waals surface area contributed by atoms with Gasteiger partial charge in [-0.05, 0) is 56.2 Å². The predicted molar refractivity (Wildman–Crippen MR) is 123 cm³/mol. The van der Waals surface area contributed by atoms with Gasteiger partial charge in [0.2, 0.25) is 0 Å². The van der Waals surface area contributed by atoms with Crippen LogP contribution in [0.1, 0.15) is 50.0 Å². The molecule has 0 saturated heterocycles. The zero-order valence-corrected chi connectivity index (χ0v) is 17.9. The second-order valence-corrected chi connectivity index (χ2v) is 7.96. The Morgan fingerprint density at radius 2 is 1.43 bits per heavy atom. The first-order valence-electron chi connectivity index (χ1n) is 9.99. The molecule has 2 aliphatic carbocycles. The average Bonchev–Trinajstić information content (AvgIpc) is 2.77. The molecular weight excluding hydrogens is 411 g/mol. The van der Waals surface area contributed by atoms with Crippen LogP contribution in [-0.2, 0) is 0 Å². The Hall–Kier alpha value is -1.78. The van der Waals surface area contributed by atoms with Gasteiger partial charge in [-0.25, -0.2) is 0 Å². The van der Waals surface area contributed by atoms with Crippen LogP contribution in [-0.4, -0.2) is 17.5 Å². The van der Waals surface area contributed by atoms with E-state index in [1.165, 1.54) is 44.1 Å². The molecule has 2 atom stereocenters. The lowest BCUT2D eigenvalue weighted by molar-refractivity contribution is 0.454. The van der Waals surface area contributed by atoms with E-state index in [1.807, 2.05) is 18.2 Å². The van der Waals surface area contributed by atoms with Crippen LogP contribution in [0.5, 0.6) is 5.75 Å². The summed E-state index contributed by atoms with van der Waals surface area (Å²) < 4.78 is 4.64. The van der Waals surface area contributed by atoms with Crippen molar-refractivity contribution in [2.24, 2.45) is 0 Å². The van der Waals surface area contributed by atoms with Crippen molar-refractivity contribution in [3.05, 3.63) is 90.5 Å². The number of halogens is 1. The van der Waals surface area contributed by atoms with Crippen molar-refractivity contribution in [2.45, 2.75) is 49.3 Å². The van der Waals surface area contributed by atoms with Crippen molar-refractivity contribution < 1.29 is 9.68 Å². The van der Waals surface area contributed by atoms with E-state index in [2.05, 4.69) is 75.2 Å². The molecule has 0 spiro atoms. The summed E-state index contributed by atoms with van der Waals surface area (Å²) in [5.74, 6) is 1.32. The second kappa shape index (κ2) is 14.3. The van der Waals surface area contributed by atoms with Crippen molar-refractivity contribution in [3.63, 3.8) is 0 Å². The first-order chi connectivity index (χ1) is 13.8. The van der Waals surface area contributed by atoms with Gasteiger partial charge in [-0.15, -0.1) is 0 Å². The molecule has 2 nitrogen and oxygen atoms in total. The minimum atomic E-state index is 0.639. The van der Waals surface area contributed by atoms with Crippen molar-refractivity contribution in [1.82, 2.24) is 0 Å². The highest BCUT2D eigenvalue weighted by Crippen LogP contribution is 2.26. The number of hydrogen-bond donors (Lipinski definition) is 1. The lowest BCUT2D eigenvalue weighted by Crippen LogP contribution is -1.98. The highest BCUT2D eigenvalue weighted by atomic mass is 79.9. The zero-order chi connectivity index (χ0) is 19.9. The Kier molecular flexibility index (Phi) is 11.5. The SMILES string of the molecule is BrC1C=CCCC1.C1=C[C@@H](c2ccccc2)CCC1.O[B]Oc1ccccc1. The molecular formula is C24H29BBrO2. The molecule has 2 aromatic rings. The van der Waals surface area contributed by atoms with Crippen molar-refractivity contribution in [2.75, 3.05) is 0 Å². The number of rotatable bonds is 3. The molecule has 147 valence electrons. The molecule has 4 rings (SSSR count). The molecule has 1 radical (unpaired) electrons. The maximum Gasteiger partial charge on any atom is 0.569 e. The predicted octanol–water partition coefficient (Wildman–Crippen LogP) is 6.59. The average molecular weight is 440 g/mol. The van der Waals surface area contributed by atoms with E-state index in [9.17, 15) is 0 Å². The van der Waals surface area contributed by atoms with E-state index in [-0.39, 0.29) is 0 Å². The first kappa shape index (κ1) is 22.5. The molecule has 0 amide bonds. The van der Waals surface area contributed by atoms with Gasteiger partial charge in [0.25, 0.3) is 0 Å². The standard InChI is InChI=1S/C12H14.C6H6BO2.C6H9Br/c1-3-7-11(8-4-1)12-9-5-2-6-10-12;8-7-9-6-4-2-1-3-5-6;7-6-4-2-1-3-5-6/h1,3-5,7-9,12H,2,6,10H2;1-5,8H;2,4,6H,1,3,5H2/t12-;;/m1../s1. The fourth-order valence-corrected chi connectivity index (χ4v) is 3.66. The van der Waals surface area contributed by atoms with Crippen LogP contribution < -0.4 is 4.65 Å². The maximum atomic E-state index is 8.17. The molecule has 0 heterocycles. The summed E-state index contributed by atoms with van der Waals surface area (Å²) in [6.07, 6.45) is 17.0. The van der Waals surface area contributed by atoms with Crippen molar-refractivity contribution in [1.29, 1.82) is 0 Å². The van der Waals surface area contributed by atoms with Crippen LogP contribution in [0, 0.1) is 0 Å². The molecule has 4 heteroatoms. The minimum Gasteiger partial charge on any atom is -0.537 e. The van der Waals surface area contributed by atoms with Crippen molar-refractivity contribution >= 4 is 23.6 Å². The van der Waals surface area contributed by atoms with E-state index in [0.29, 0.717) is 24.2 Å². The number of alkyl halides is 1. The van der Waals surface area contributed by atoms with Crippen LogP contribution >= 0.6 is 15.9 Å². The summed E-state index contributed by atoms with van der Waals surface area (Å²) in [5.41, 5.74) is 1.47. The topological polar surface area (TPSA) is 29.5 Å². The summed E-state index contributed by atoms with van der Waals surface area (Å²) in [4.78, 5) is 0.668. The third kappa shape index (κ3) is 9.43. The summed E-state index contributed by atoms with van der Waals surface area (Å²) in [6, 6.07) is 19.8. The highest BCUT2D eigenvalue weighted by Gasteiger charge is 2.09. The van der Waals surface area contributed by atoms with Gasteiger partial charge < -0.3 is 9.68 Å². The largest absolute Gasteiger partial charge is 0.569 e. The molecule has 1 N–H and O–H groups in total. The van der Waals surface area contributed by atoms with Crippen LogP contribution in [0.25, 0.3) is 0 Å². The minimum absolute atomic E-state index is 0.639. The molecule has 0 bridgehead atoms. The Balaban J connectivity index is 0.000000157. The molecule has 0 fully saturated rings. The molecule has 0 saturated carbocycles. The van der Waals surface area contributed by atoms with E-state index < -0.39 is 0 Å². The van der Waals surface area contributed by atoms with E-state index in [0.717, 1.165) is 0 Å². The molecule has 28 heavy (non-hydrogen) atoms. The monoisotopic (exact) mass is 439 g/mol. The third-order valence-corrected chi connectivity index (χ3v) is 5.37. The van der Waals surface area contributed by atoms with Gasteiger partial charge in [-0.2, -0.15) is 0 Å². The Morgan fingerprint density at radius 1 is 0.821 bits per heavy atom.